The number of ether oxygens (including phenoxy) is 2. The lowest BCUT2D eigenvalue weighted by molar-refractivity contribution is -0.119. The van der Waals surface area contributed by atoms with Gasteiger partial charge in [-0.3, -0.25) is 4.79 Å². The fourth-order valence-corrected chi connectivity index (χ4v) is 1.83. The van der Waals surface area contributed by atoms with E-state index < -0.39 is 11.7 Å². The van der Waals surface area contributed by atoms with Crippen LogP contribution in [0.1, 0.15) is 40.0 Å². The molecule has 18 heavy (non-hydrogen) atoms. The first-order chi connectivity index (χ1) is 8.37. The van der Waals surface area contributed by atoms with Gasteiger partial charge in [-0.15, -0.1) is 0 Å². The van der Waals surface area contributed by atoms with Gasteiger partial charge in [0, 0.05) is 19.6 Å². The van der Waals surface area contributed by atoms with Crippen molar-refractivity contribution >= 4 is 11.9 Å². The van der Waals surface area contributed by atoms with E-state index in [-0.39, 0.29) is 12.3 Å². The van der Waals surface area contributed by atoms with Crippen LogP contribution in [0.2, 0.25) is 0 Å². The molecular formula is C13H23NO4. The highest BCUT2D eigenvalue weighted by molar-refractivity contribution is 5.84. The van der Waals surface area contributed by atoms with Crippen molar-refractivity contribution < 1.29 is 19.1 Å². The third-order valence-electron chi connectivity index (χ3n) is 2.69. The lowest BCUT2D eigenvalue weighted by Crippen LogP contribution is -2.36. The van der Waals surface area contributed by atoms with Gasteiger partial charge in [0.05, 0.1) is 6.54 Å². The first-order valence-electron chi connectivity index (χ1n) is 6.43. The molecule has 1 aliphatic rings. The summed E-state index contributed by atoms with van der Waals surface area (Å²) in [5.41, 5.74) is -0.534. The summed E-state index contributed by atoms with van der Waals surface area (Å²) >= 11 is 0. The molecule has 1 heterocycles. The van der Waals surface area contributed by atoms with E-state index in [1.54, 1.807) is 20.8 Å². The standard InChI is InChI=1S/C13H23NO4/c1-13(2,3)18-12(16)14-9-11(15)8-10-4-6-17-7-5-10/h10H,4-9H2,1-3H3,(H,14,16). The average molecular weight is 257 g/mol. The fraction of sp³-hybridized carbons (Fsp3) is 0.846. The average Bonchev–Trinajstić information content (AvgIpc) is 2.25. The molecule has 5 heteroatoms. The second kappa shape index (κ2) is 6.73. The van der Waals surface area contributed by atoms with Crippen LogP contribution in [0.3, 0.4) is 0 Å². The second-order valence-corrected chi connectivity index (χ2v) is 5.65. The Kier molecular flexibility index (Phi) is 5.59. The van der Waals surface area contributed by atoms with Crippen molar-refractivity contribution in [1.29, 1.82) is 0 Å². The Hall–Kier alpha value is -1.10. The molecule has 0 aromatic heterocycles. The molecule has 0 atom stereocenters. The van der Waals surface area contributed by atoms with E-state index in [4.69, 9.17) is 9.47 Å². The first kappa shape index (κ1) is 15.0. The second-order valence-electron chi connectivity index (χ2n) is 5.65. The van der Waals surface area contributed by atoms with E-state index in [9.17, 15) is 9.59 Å². The summed E-state index contributed by atoms with van der Waals surface area (Å²) in [6.07, 6.45) is 1.83. The minimum Gasteiger partial charge on any atom is -0.444 e. The van der Waals surface area contributed by atoms with Gasteiger partial charge in [0.2, 0.25) is 0 Å². The van der Waals surface area contributed by atoms with Crippen LogP contribution >= 0.6 is 0 Å². The fourth-order valence-electron chi connectivity index (χ4n) is 1.83. The summed E-state index contributed by atoms with van der Waals surface area (Å²) in [5.74, 6) is 0.444. The van der Waals surface area contributed by atoms with Gasteiger partial charge in [-0.1, -0.05) is 0 Å². The summed E-state index contributed by atoms with van der Waals surface area (Å²) in [5, 5.41) is 2.49. The lowest BCUT2D eigenvalue weighted by atomic mass is 9.94. The normalized spacial score (nSPS) is 17.3. The van der Waals surface area contributed by atoms with Crippen molar-refractivity contribution in [3.63, 3.8) is 0 Å². The molecule has 1 N–H and O–H groups in total. The van der Waals surface area contributed by atoms with Gasteiger partial charge in [-0.05, 0) is 39.5 Å². The molecule has 0 aliphatic carbocycles. The number of nitrogens with one attached hydrogen (secondary N) is 1. The summed E-state index contributed by atoms with van der Waals surface area (Å²) in [4.78, 5) is 23.0. The molecule has 0 spiro atoms. The lowest BCUT2D eigenvalue weighted by Gasteiger charge is -2.22. The topological polar surface area (TPSA) is 64.6 Å². The van der Waals surface area contributed by atoms with Crippen molar-refractivity contribution in [2.45, 2.75) is 45.6 Å². The highest BCUT2D eigenvalue weighted by atomic mass is 16.6. The van der Waals surface area contributed by atoms with Gasteiger partial charge in [0.15, 0.2) is 5.78 Å². The number of rotatable bonds is 4. The number of alkyl carbamates (subject to hydrolysis) is 1. The predicted molar refractivity (Wildman–Crippen MR) is 67.4 cm³/mol. The third-order valence-corrected chi connectivity index (χ3v) is 2.69. The zero-order valence-electron chi connectivity index (χ0n) is 11.5. The molecule has 1 amide bonds. The molecule has 1 saturated heterocycles. The highest BCUT2D eigenvalue weighted by Gasteiger charge is 2.19. The number of hydrogen-bond acceptors (Lipinski definition) is 4. The summed E-state index contributed by atoms with van der Waals surface area (Å²) in [7, 11) is 0. The number of amides is 1. The largest absolute Gasteiger partial charge is 0.444 e. The van der Waals surface area contributed by atoms with Gasteiger partial charge in [-0.25, -0.2) is 4.79 Å². The number of carbonyl (C=O) groups is 2. The smallest absolute Gasteiger partial charge is 0.408 e. The van der Waals surface area contributed by atoms with E-state index in [0.717, 1.165) is 26.1 Å². The Bertz CT molecular complexity index is 290. The van der Waals surface area contributed by atoms with Gasteiger partial charge in [-0.2, -0.15) is 0 Å². The molecule has 1 fully saturated rings. The van der Waals surface area contributed by atoms with Crippen LogP contribution in [0.15, 0.2) is 0 Å². The zero-order chi connectivity index (χ0) is 13.6. The summed E-state index contributed by atoms with van der Waals surface area (Å²) in [6.45, 7) is 6.88. The number of ketones is 1. The molecule has 0 bridgehead atoms. The van der Waals surface area contributed by atoms with E-state index in [2.05, 4.69) is 5.32 Å². The van der Waals surface area contributed by atoms with Gasteiger partial charge in [0.25, 0.3) is 0 Å². The van der Waals surface area contributed by atoms with E-state index >= 15 is 0 Å². The van der Waals surface area contributed by atoms with Gasteiger partial charge < -0.3 is 14.8 Å². The van der Waals surface area contributed by atoms with Crippen molar-refractivity contribution in [3.05, 3.63) is 0 Å². The SMILES string of the molecule is CC(C)(C)OC(=O)NCC(=O)CC1CCOCC1. The number of carbonyl (C=O) groups excluding carboxylic acids is 2. The molecule has 0 aromatic carbocycles. The van der Waals surface area contributed by atoms with Crippen molar-refractivity contribution in [1.82, 2.24) is 5.32 Å². The first-order valence-corrected chi connectivity index (χ1v) is 6.43. The summed E-state index contributed by atoms with van der Waals surface area (Å²) < 4.78 is 10.3. The van der Waals surface area contributed by atoms with Crippen LogP contribution < -0.4 is 5.32 Å². The number of Topliss-reactive ketones (excluding diaryl/α,β-unsaturated/α-hetero) is 1. The van der Waals surface area contributed by atoms with Crippen LogP contribution in [0, 0.1) is 5.92 Å². The molecule has 0 aromatic rings. The molecular weight excluding hydrogens is 234 g/mol. The Morgan fingerprint density at radius 3 is 2.44 bits per heavy atom. The number of hydrogen-bond donors (Lipinski definition) is 1. The molecule has 0 radical (unpaired) electrons. The van der Waals surface area contributed by atoms with Crippen LogP contribution in [-0.4, -0.2) is 37.2 Å². The van der Waals surface area contributed by atoms with Gasteiger partial charge in [0.1, 0.15) is 5.60 Å². The van der Waals surface area contributed by atoms with Crippen LogP contribution in [0.4, 0.5) is 4.79 Å². The molecule has 1 aliphatic heterocycles. The Morgan fingerprint density at radius 1 is 1.28 bits per heavy atom. The van der Waals surface area contributed by atoms with Crippen molar-refractivity contribution in [2.24, 2.45) is 5.92 Å². The zero-order valence-corrected chi connectivity index (χ0v) is 11.5. The van der Waals surface area contributed by atoms with Crippen LogP contribution in [-0.2, 0) is 14.3 Å². The van der Waals surface area contributed by atoms with Crippen molar-refractivity contribution in [3.8, 4) is 0 Å². The monoisotopic (exact) mass is 257 g/mol. The molecule has 5 nitrogen and oxygen atoms in total. The Labute approximate surface area is 108 Å². The quantitative estimate of drug-likeness (QED) is 0.835. The molecule has 104 valence electrons. The molecule has 1 rings (SSSR count). The van der Waals surface area contributed by atoms with Gasteiger partial charge >= 0.3 is 6.09 Å². The third kappa shape index (κ3) is 6.59. The molecule has 0 unspecified atom stereocenters. The van der Waals surface area contributed by atoms with E-state index in [1.807, 2.05) is 0 Å². The predicted octanol–water partition coefficient (Wildman–Crippen LogP) is 1.90. The maximum absolute atomic E-state index is 11.7. The maximum atomic E-state index is 11.7. The van der Waals surface area contributed by atoms with E-state index in [1.165, 1.54) is 0 Å². The van der Waals surface area contributed by atoms with Crippen LogP contribution in [0.25, 0.3) is 0 Å². The van der Waals surface area contributed by atoms with Crippen molar-refractivity contribution in [2.75, 3.05) is 19.8 Å². The van der Waals surface area contributed by atoms with E-state index in [0.29, 0.717) is 12.3 Å². The minimum absolute atomic E-state index is 0.0479. The summed E-state index contributed by atoms with van der Waals surface area (Å²) in [6, 6.07) is 0. The molecule has 0 saturated carbocycles. The highest BCUT2D eigenvalue weighted by Crippen LogP contribution is 2.18. The minimum atomic E-state index is -0.539. The van der Waals surface area contributed by atoms with Crippen LogP contribution in [0.5, 0.6) is 0 Å². The Morgan fingerprint density at radius 2 is 1.89 bits per heavy atom. The Balaban J connectivity index is 2.18. The maximum Gasteiger partial charge on any atom is 0.408 e.